The lowest BCUT2D eigenvalue weighted by molar-refractivity contribution is -0.349. The van der Waals surface area contributed by atoms with Gasteiger partial charge in [-0.25, -0.2) is 22.9 Å². The molecule has 0 spiro atoms. The van der Waals surface area contributed by atoms with Gasteiger partial charge >= 0.3 is 5.97 Å². The smallest absolute Gasteiger partial charge is 0.338 e. The van der Waals surface area contributed by atoms with Gasteiger partial charge in [-0.2, -0.15) is 0 Å². The molecule has 4 saturated heterocycles. The highest BCUT2D eigenvalue weighted by atomic mass is 19.1. The number of aliphatic hydroxyl groups excluding tert-OH is 9. The van der Waals surface area contributed by atoms with Crippen LogP contribution in [0.4, 0.5) is 8.78 Å². The van der Waals surface area contributed by atoms with Crippen molar-refractivity contribution in [1.29, 1.82) is 0 Å². The van der Waals surface area contributed by atoms with Crippen LogP contribution in [-0.2, 0) is 52.3 Å². The molecule has 6 heterocycles. The molecule has 7 aliphatic rings. The number of likely N-dealkylation sites (tertiary alicyclic amines) is 1. The third-order valence-electron chi connectivity index (χ3n) is 20.9. The van der Waals surface area contributed by atoms with E-state index >= 15 is 0 Å². The Balaban J connectivity index is 0.768. The van der Waals surface area contributed by atoms with Crippen LogP contribution >= 0.6 is 0 Å². The van der Waals surface area contributed by atoms with Gasteiger partial charge in [-0.3, -0.25) is 14.4 Å². The number of esters is 1. The Morgan fingerprint density at radius 1 is 0.588 bits per heavy atom. The van der Waals surface area contributed by atoms with Crippen molar-refractivity contribution < 1.29 is 112 Å². The topological polar surface area (TPSA) is 413 Å². The van der Waals surface area contributed by atoms with E-state index in [9.17, 15) is 73.9 Å². The molecule has 3 amide bonds. The van der Waals surface area contributed by atoms with E-state index in [4.69, 9.17) is 37.9 Å². The molecule has 0 radical (unpaired) electrons. The summed E-state index contributed by atoms with van der Waals surface area (Å²) >= 11 is 0. The molecule has 12 rings (SSSR count). The van der Waals surface area contributed by atoms with Gasteiger partial charge in [-0.15, -0.1) is 10.2 Å². The number of amides is 3. The molecule has 5 aromatic rings. The number of nitrogens with one attached hydrogen (secondary N) is 2. The lowest BCUT2D eigenvalue weighted by atomic mass is 9.77. The maximum absolute atomic E-state index is 14.6. The number of nitrogens with zero attached hydrogens (tertiary/aromatic N) is 7. The third-order valence-corrected chi connectivity index (χ3v) is 20.9. The summed E-state index contributed by atoms with van der Waals surface area (Å²) in [6, 6.07) is 16.6. The molecule has 556 valence electrons. The molecule has 11 N–H and O–H groups in total. The number of halogens is 2. The maximum atomic E-state index is 14.6. The van der Waals surface area contributed by atoms with Crippen LogP contribution in [0.15, 0.2) is 91.3 Å². The van der Waals surface area contributed by atoms with Crippen LogP contribution in [0.3, 0.4) is 0 Å². The van der Waals surface area contributed by atoms with Gasteiger partial charge in [-0.1, -0.05) is 91.9 Å². The number of rotatable bonds is 24. The van der Waals surface area contributed by atoms with Crippen molar-refractivity contribution in [2.75, 3.05) is 39.4 Å². The minimum absolute atomic E-state index is 0.0761. The Morgan fingerprint density at radius 3 is 1.80 bits per heavy atom. The largest absolute Gasteiger partial charge is 0.450 e. The van der Waals surface area contributed by atoms with Gasteiger partial charge < -0.3 is 99.4 Å². The molecular formula is C70H91F2N9O21. The van der Waals surface area contributed by atoms with Gasteiger partial charge in [0.15, 0.2) is 25.0 Å². The van der Waals surface area contributed by atoms with Crippen molar-refractivity contribution in [3.8, 4) is 22.5 Å². The molecule has 3 aliphatic carbocycles. The number of hydrogen-bond acceptors (Lipinski definition) is 25. The average molecular weight is 1430 g/mol. The maximum Gasteiger partial charge on any atom is 0.338 e. The summed E-state index contributed by atoms with van der Waals surface area (Å²) in [5, 5.41) is 124. The van der Waals surface area contributed by atoms with E-state index in [1.807, 2.05) is 0 Å². The molecule has 30 nitrogen and oxygen atoms in total. The number of carbonyl (C=O) groups is 4. The summed E-state index contributed by atoms with van der Waals surface area (Å²) in [5.41, 5.74) is 1.23. The summed E-state index contributed by atoms with van der Waals surface area (Å²) in [4.78, 5) is 59.4. The van der Waals surface area contributed by atoms with Crippen molar-refractivity contribution in [1.82, 2.24) is 45.5 Å². The molecule has 102 heavy (non-hydrogen) atoms. The van der Waals surface area contributed by atoms with Crippen LogP contribution < -0.4 is 10.6 Å². The summed E-state index contributed by atoms with van der Waals surface area (Å²) in [7, 11) is 0. The Morgan fingerprint density at radius 2 is 1.18 bits per heavy atom. The van der Waals surface area contributed by atoms with Gasteiger partial charge in [0.2, 0.25) is 11.8 Å². The molecule has 0 bridgehead atoms. The van der Waals surface area contributed by atoms with Crippen molar-refractivity contribution in [2.45, 2.75) is 213 Å². The van der Waals surface area contributed by atoms with Crippen LogP contribution in [0.2, 0.25) is 0 Å². The fourth-order valence-electron chi connectivity index (χ4n) is 15.1. The highest BCUT2D eigenvalue weighted by Gasteiger charge is 2.55. The number of benzene rings is 3. The Kier molecular flexibility index (Phi) is 24.5. The predicted octanol–water partition coefficient (Wildman–Crippen LogP) is 0.996. The van der Waals surface area contributed by atoms with Crippen LogP contribution in [0.1, 0.15) is 107 Å². The number of carbonyl (C=O) groups excluding carboxylic acids is 4. The summed E-state index contributed by atoms with van der Waals surface area (Å²) < 4.78 is 82.1. The zero-order valence-corrected chi connectivity index (χ0v) is 56.4. The zero-order valence-electron chi connectivity index (χ0n) is 56.4. The third kappa shape index (κ3) is 16.9. The highest BCUT2D eigenvalue weighted by Crippen LogP contribution is 2.42. The van der Waals surface area contributed by atoms with Gasteiger partial charge in [0, 0.05) is 49.1 Å². The van der Waals surface area contributed by atoms with E-state index in [2.05, 4.69) is 31.3 Å². The molecule has 32 heteroatoms. The van der Waals surface area contributed by atoms with Crippen molar-refractivity contribution in [3.63, 3.8) is 0 Å². The molecule has 24 atom stereocenters. The number of aliphatic hydroxyl groups is 9. The minimum Gasteiger partial charge on any atom is -0.450 e. The summed E-state index contributed by atoms with van der Waals surface area (Å²) in [5.74, 6) is -5.79. The van der Waals surface area contributed by atoms with Crippen molar-refractivity contribution in [2.24, 2.45) is 23.7 Å². The molecule has 7 fully saturated rings. The van der Waals surface area contributed by atoms with E-state index in [-0.39, 0.29) is 67.5 Å². The molecule has 4 aliphatic heterocycles. The number of hydrogen-bond donors (Lipinski definition) is 11. The molecule has 15 unspecified atom stereocenters. The monoisotopic (exact) mass is 1430 g/mol. The Labute approximate surface area is 586 Å². The van der Waals surface area contributed by atoms with E-state index in [1.165, 1.54) is 72.5 Å². The van der Waals surface area contributed by atoms with E-state index in [0.29, 0.717) is 30.6 Å². The van der Waals surface area contributed by atoms with Crippen molar-refractivity contribution >= 4 is 23.7 Å². The number of aromatic nitrogens is 6. The zero-order chi connectivity index (χ0) is 72.0. The van der Waals surface area contributed by atoms with Gasteiger partial charge in [0.05, 0.1) is 61.6 Å². The average Bonchev–Trinajstić information content (AvgIpc) is 1.20. The Bertz CT molecular complexity index is 3610. The Hall–Kier alpha value is -6.96. The molecule has 3 saturated carbocycles. The second kappa shape index (κ2) is 33.4. The van der Waals surface area contributed by atoms with Crippen LogP contribution in [-0.4, -0.2) is 260 Å². The van der Waals surface area contributed by atoms with Gasteiger partial charge in [0.1, 0.15) is 96.2 Å². The SMILES string of the molecule is CC1CC(C(=O)NCCNC(=O)C2CC(n3cc(-c4cccc(F)c4)nn3)C(O)[C@H](O[C@@H]3OC(CO)[C@H](O)C(n4cc(-c5cccc(F)c5)nn4)C3O)C2)C[C@@H](O[C@@H]2OC(CO)[C@H](O)C(O[C@@H](CC3CCCCC3)C(=O)N3CCC3)C2OC(=O)c2ccccc2)C1O[C@@H]1OC(C)[C@@H](O)C(O)C1O. The first-order valence-corrected chi connectivity index (χ1v) is 35.2. The van der Waals surface area contributed by atoms with E-state index in [1.54, 1.807) is 42.2 Å². The standard InChI is InChI=1S/C70H91F2N9O21/c1-35-24-41(30-49(61(35)102-69-60(90)59(89)54(84)36(2)95-69)98-70-63(101-67(94)38-14-7-4-8-15-38)62(57(87)52(34-83)100-70)96-50(66(93)79-22-11-23-79)25-37-12-5-3-6-13-37)64(91)73-20-21-74-65(92)42-28-47(80-31-45(75-77-80)39-16-9-18-43(71)26-39)55(85)48(29-42)97-68-58(88)53(56(86)51(33-82)99-68)81-32-46(76-78-81)40-17-10-19-44(72)27-40/h4,7-10,14-19,26-27,31-32,35-37,41-42,47-63,68-70,82-90H,3,5-6,11-13,20-25,28-30,33-34H2,1-2H3,(H,73,91)(H,74,92)/t35?,36?,41?,42?,47?,48-,49-,50+,51?,52?,53?,54-,55?,56+,57+,58?,59?,60?,61?,62?,63?,68-,69+,70-/m1/s1. The first kappa shape index (κ1) is 74.7. The second-order valence-electron chi connectivity index (χ2n) is 27.9. The quantitative estimate of drug-likeness (QED) is 0.0303. The van der Waals surface area contributed by atoms with Crippen molar-refractivity contribution in [3.05, 3.63) is 108 Å². The first-order chi connectivity index (χ1) is 49.1. The fourth-order valence-corrected chi connectivity index (χ4v) is 15.1. The van der Waals surface area contributed by atoms with Gasteiger partial charge in [0.25, 0.3) is 5.91 Å². The first-order valence-electron chi connectivity index (χ1n) is 35.2. The second-order valence-corrected chi connectivity index (χ2v) is 27.9. The minimum atomic E-state index is -1.77. The van der Waals surface area contributed by atoms with E-state index < -0.39 is 189 Å². The molecule has 3 aromatic carbocycles. The molecule has 2 aromatic heterocycles. The fraction of sp³-hybridized carbons (Fsp3) is 0.629. The molecular weight excluding hydrogens is 1340 g/mol. The lowest BCUT2D eigenvalue weighted by Gasteiger charge is -2.48. The lowest BCUT2D eigenvalue weighted by Crippen LogP contribution is -2.64. The van der Waals surface area contributed by atoms with Gasteiger partial charge in [-0.05, 0) is 93.7 Å². The number of ether oxygens (including phenoxy) is 8. The summed E-state index contributed by atoms with van der Waals surface area (Å²) in [6.45, 7) is 2.37. The normalized spacial score (nSPS) is 34.8. The van der Waals surface area contributed by atoms with Crippen LogP contribution in [0.25, 0.3) is 22.5 Å². The summed E-state index contributed by atoms with van der Waals surface area (Å²) in [6.07, 6.45) is -20.1. The van der Waals surface area contributed by atoms with Crippen LogP contribution in [0, 0.1) is 35.3 Å². The predicted molar refractivity (Wildman–Crippen MR) is 349 cm³/mol. The highest BCUT2D eigenvalue weighted by molar-refractivity contribution is 5.89. The van der Waals surface area contributed by atoms with E-state index in [0.717, 1.165) is 43.2 Å². The van der Waals surface area contributed by atoms with Crippen LogP contribution in [0.5, 0.6) is 0 Å².